The molecule has 0 radical (unpaired) electrons. The van der Waals surface area contributed by atoms with Gasteiger partial charge in [0.05, 0.1) is 5.92 Å². The van der Waals surface area contributed by atoms with E-state index in [2.05, 4.69) is 0 Å². The van der Waals surface area contributed by atoms with Crippen LogP contribution in [0.25, 0.3) is 10.8 Å². The average Bonchev–Trinajstić information content (AvgIpc) is 2.60. The lowest BCUT2D eigenvalue weighted by Gasteiger charge is -2.09. The molecule has 3 aromatic rings. The second kappa shape index (κ2) is 6.05. The fraction of sp³-hybridized carbons (Fsp3) is 0.100. The standard InChI is InChI=1S/C20H16O3/c1-13(20(22)23)15-7-4-8-17(11-15)19(21)18-10-9-14-5-2-3-6-16(14)12-18/h2-13H,1H3,(H,22,23). The second-order valence-electron chi connectivity index (χ2n) is 5.58. The highest BCUT2D eigenvalue weighted by atomic mass is 16.4. The molecule has 114 valence electrons. The smallest absolute Gasteiger partial charge is 0.310 e. The van der Waals surface area contributed by atoms with Crippen LogP contribution >= 0.6 is 0 Å². The van der Waals surface area contributed by atoms with E-state index in [0.29, 0.717) is 16.7 Å². The molecule has 0 aliphatic heterocycles. The minimum Gasteiger partial charge on any atom is -0.481 e. The van der Waals surface area contributed by atoms with Gasteiger partial charge in [0.2, 0.25) is 0 Å². The van der Waals surface area contributed by atoms with Gasteiger partial charge in [0.15, 0.2) is 5.78 Å². The molecule has 3 aromatic carbocycles. The highest BCUT2D eigenvalue weighted by Gasteiger charge is 2.16. The Kier molecular flexibility index (Phi) is 3.94. The summed E-state index contributed by atoms with van der Waals surface area (Å²) in [6, 6.07) is 20.3. The highest BCUT2D eigenvalue weighted by Crippen LogP contribution is 2.21. The molecule has 0 saturated heterocycles. The predicted octanol–water partition coefficient (Wildman–Crippen LogP) is 4.26. The molecular weight excluding hydrogens is 288 g/mol. The maximum Gasteiger partial charge on any atom is 0.310 e. The van der Waals surface area contributed by atoms with E-state index in [0.717, 1.165) is 10.8 Å². The van der Waals surface area contributed by atoms with Crippen molar-refractivity contribution in [2.75, 3.05) is 0 Å². The summed E-state index contributed by atoms with van der Waals surface area (Å²) < 4.78 is 0. The zero-order valence-corrected chi connectivity index (χ0v) is 12.7. The van der Waals surface area contributed by atoms with Crippen molar-refractivity contribution in [3.05, 3.63) is 83.4 Å². The Morgan fingerprint density at radius 3 is 2.26 bits per heavy atom. The number of benzene rings is 3. The number of rotatable bonds is 4. The molecule has 0 aliphatic rings. The lowest BCUT2D eigenvalue weighted by atomic mass is 9.95. The van der Waals surface area contributed by atoms with E-state index in [1.165, 1.54) is 0 Å². The number of hydrogen-bond donors (Lipinski definition) is 1. The van der Waals surface area contributed by atoms with E-state index in [-0.39, 0.29) is 5.78 Å². The maximum atomic E-state index is 12.7. The normalized spacial score (nSPS) is 12.0. The quantitative estimate of drug-likeness (QED) is 0.733. The Hall–Kier alpha value is -2.94. The van der Waals surface area contributed by atoms with Crippen molar-refractivity contribution in [1.82, 2.24) is 0 Å². The molecule has 1 N–H and O–H groups in total. The van der Waals surface area contributed by atoms with Crippen LogP contribution in [0, 0.1) is 0 Å². The number of ketones is 1. The van der Waals surface area contributed by atoms with Gasteiger partial charge in [0.25, 0.3) is 0 Å². The molecule has 0 aromatic heterocycles. The van der Waals surface area contributed by atoms with E-state index in [1.807, 2.05) is 36.4 Å². The summed E-state index contributed by atoms with van der Waals surface area (Å²) in [5.74, 6) is -1.64. The molecule has 0 bridgehead atoms. The fourth-order valence-corrected chi connectivity index (χ4v) is 2.59. The van der Waals surface area contributed by atoms with E-state index in [4.69, 9.17) is 5.11 Å². The summed E-state index contributed by atoms with van der Waals surface area (Å²) >= 11 is 0. The van der Waals surface area contributed by atoms with Gasteiger partial charge in [0.1, 0.15) is 0 Å². The summed E-state index contributed by atoms with van der Waals surface area (Å²) in [4.78, 5) is 23.8. The van der Waals surface area contributed by atoms with Crippen molar-refractivity contribution in [2.24, 2.45) is 0 Å². The summed E-state index contributed by atoms with van der Waals surface area (Å²) in [5, 5.41) is 11.2. The largest absolute Gasteiger partial charge is 0.481 e. The van der Waals surface area contributed by atoms with Crippen LogP contribution in [0.2, 0.25) is 0 Å². The molecule has 1 atom stereocenters. The number of carbonyl (C=O) groups excluding carboxylic acids is 1. The minimum absolute atomic E-state index is 0.102. The van der Waals surface area contributed by atoms with Gasteiger partial charge >= 0.3 is 5.97 Å². The Labute approximate surface area is 134 Å². The zero-order chi connectivity index (χ0) is 16.4. The van der Waals surface area contributed by atoms with Crippen molar-refractivity contribution >= 4 is 22.5 Å². The number of hydrogen-bond acceptors (Lipinski definition) is 2. The maximum absolute atomic E-state index is 12.7. The first kappa shape index (κ1) is 15.0. The van der Waals surface area contributed by atoms with Crippen molar-refractivity contribution in [2.45, 2.75) is 12.8 Å². The lowest BCUT2D eigenvalue weighted by Crippen LogP contribution is -2.09. The van der Waals surface area contributed by atoms with E-state index in [9.17, 15) is 9.59 Å². The van der Waals surface area contributed by atoms with Crippen molar-refractivity contribution in [1.29, 1.82) is 0 Å². The van der Waals surface area contributed by atoms with Gasteiger partial charge in [-0.3, -0.25) is 9.59 Å². The van der Waals surface area contributed by atoms with Gasteiger partial charge in [-0.2, -0.15) is 0 Å². The monoisotopic (exact) mass is 304 g/mol. The third-order valence-electron chi connectivity index (χ3n) is 4.03. The molecule has 0 heterocycles. The van der Waals surface area contributed by atoms with Crippen LogP contribution in [0.5, 0.6) is 0 Å². The number of carboxylic acids is 1. The third-order valence-corrected chi connectivity index (χ3v) is 4.03. The zero-order valence-electron chi connectivity index (χ0n) is 12.7. The molecule has 0 aliphatic carbocycles. The van der Waals surface area contributed by atoms with Gasteiger partial charge in [-0.15, -0.1) is 0 Å². The van der Waals surface area contributed by atoms with Gasteiger partial charge < -0.3 is 5.11 Å². The van der Waals surface area contributed by atoms with Crippen molar-refractivity contribution in [3.63, 3.8) is 0 Å². The van der Waals surface area contributed by atoms with Crippen molar-refractivity contribution in [3.8, 4) is 0 Å². The molecule has 0 fully saturated rings. The van der Waals surface area contributed by atoms with E-state index in [1.54, 1.807) is 37.3 Å². The predicted molar refractivity (Wildman–Crippen MR) is 89.9 cm³/mol. The molecule has 3 rings (SSSR count). The van der Waals surface area contributed by atoms with Crippen LogP contribution in [0.4, 0.5) is 0 Å². The second-order valence-corrected chi connectivity index (χ2v) is 5.58. The first-order chi connectivity index (χ1) is 11.1. The van der Waals surface area contributed by atoms with Gasteiger partial charge in [0, 0.05) is 11.1 Å². The third kappa shape index (κ3) is 2.99. The molecule has 3 heteroatoms. The van der Waals surface area contributed by atoms with E-state index < -0.39 is 11.9 Å². The van der Waals surface area contributed by atoms with Crippen molar-refractivity contribution < 1.29 is 14.7 Å². The molecular formula is C20H16O3. The molecule has 0 saturated carbocycles. The Morgan fingerprint density at radius 1 is 0.826 bits per heavy atom. The first-order valence-corrected chi connectivity index (χ1v) is 7.42. The van der Waals surface area contributed by atoms with Crippen LogP contribution in [-0.4, -0.2) is 16.9 Å². The Balaban J connectivity index is 1.98. The Bertz CT molecular complexity index is 896. The van der Waals surface area contributed by atoms with Crippen LogP contribution in [0.15, 0.2) is 66.7 Å². The molecule has 0 spiro atoms. The number of carbonyl (C=O) groups is 2. The summed E-state index contributed by atoms with van der Waals surface area (Å²) in [7, 11) is 0. The number of carboxylic acid groups (broad SMARTS) is 1. The van der Waals surface area contributed by atoms with Gasteiger partial charge in [-0.05, 0) is 35.4 Å². The van der Waals surface area contributed by atoms with Crippen LogP contribution in [0.3, 0.4) is 0 Å². The molecule has 1 unspecified atom stereocenters. The minimum atomic E-state index is -0.902. The lowest BCUT2D eigenvalue weighted by molar-refractivity contribution is -0.138. The molecule has 3 nitrogen and oxygen atoms in total. The number of aliphatic carboxylic acids is 1. The van der Waals surface area contributed by atoms with Crippen LogP contribution < -0.4 is 0 Å². The average molecular weight is 304 g/mol. The first-order valence-electron chi connectivity index (χ1n) is 7.42. The summed E-state index contributed by atoms with van der Waals surface area (Å²) in [6.07, 6.45) is 0. The summed E-state index contributed by atoms with van der Waals surface area (Å²) in [6.45, 7) is 1.61. The molecule has 23 heavy (non-hydrogen) atoms. The highest BCUT2D eigenvalue weighted by molar-refractivity contribution is 6.10. The van der Waals surface area contributed by atoms with Crippen LogP contribution in [-0.2, 0) is 4.79 Å². The Morgan fingerprint density at radius 2 is 1.52 bits per heavy atom. The molecule has 0 amide bonds. The van der Waals surface area contributed by atoms with E-state index >= 15 is 0 Å². The van der Waals surface area contributed by atoms with Gasteiger partial charge in [-0.25, -0.2) is 0 Å². The van der Waals surface area contributed by atoms with Crippen LogP contribution in [0.1, 0.15) is 34.3 Å². The summed E-state index contributed by atoms with van der Waals surface area (Å²) in [5.41, 5.74) is 1.74. The van der Waals surface area contributed by atoms with Gasteiger partial charge in [-0.1, -0.05) is 54.6 Å². The SMILES string of the molecule is CC(C(=O)O)c1cccc(C(=O)c2ccc3ccccc3c2)c1. The fourth-order valence-electron chi connectivity index (χ4n) is 2.59. The topological polar surface area (TPSA) is 54.4 Å². The number of fused-ring (bicyclic) bond motifs is 1.